The molecule has 1 saturated heterocycles. The van der Waals surface area contributed by atoms with Crippen molar-refractivity contribution in [2.24, 2.45) is 4.99 Å². The van der Waals surface area contributed by atoms with Crippen molar-refractivity contribution in [2.75, 3.05) is 46.3 Å². The molecule has 1 aliphatic heterocycles. The van der Waals surface area contributed by atoms with Crippen LogP contribution in [0.3, 0.4) is 0 Å². The van der Waals surface area contributed by atoms with Crippen molar-refractivity contribution < 1.29 is 9.53 Å². The zero-order valence-electron chi connectivity index (χ0n) is 18.3. The van der Waals surface area contributed by atoms with Crippen LogP contribution in [0.2, 0.25) is 0 Å². The van der Waals surface area contributed by atoms with E-state index in [-0.39, 0.29) is 30.1 Å². The van der Waals surface area contributed by atoms with E-state index in [1.54, 1.807) is 23.3 Å². The first-order valence-corrected chi connectivity index (χ1v) is 10.8. The van der Waals surface area contributed by atoms with Gasteiger partial charge in [0.05, 0.1) is 6.54 Å². The van der Waals surface area contributed by atoms with Crippen molar-refractivity contribution >= 4 is 47.4 Å². The van der Waals surface area contributed by atoms with Gasteiger partial charge in [-0.2, -0.15) is 0 Å². The lowest BCUT2D eigenvalue weighted by Gasteiger charge is -2.35. The highest BCUT2D eigenvalue weighted by Gasteiger charge is 2.25. The molecule has 0 spiro atoms. The summed E-state index contributed by atoms with van der Waals surface area (Å²) in [6.07, 6.45) is 0.829. The van der Waals surface area contributed by atoms with Gasteiger partial charge in [-0.15, -0.1) is 35.3 Å². The van der Waals surface area contributed by atoms with Crippen molar-refractivity contribution in [1.82, 2.24) is 20.4 Å². The van der Waals surface area contributed by atoms with Gasteiger partial charge < -0.3 is 20.3 Å². The number of halogens is 1. The van der Waals surface area contributed by atoms with Gasteiger partial charge >= 0.3 is 6.09 Å². The Kier molecular flexibility index (Phi) is 11.3. The van der Waals surface area contributed by atoms with Gasteiger partial charge in [0.1, 0.15) is 5.60 Å². The minimum Gasteiger partial charge on any atom is -0.444 e. The molecule has 7 nitrogen and oxygen atoms in total. The van der Waals surface area contributed by atoms with Gasteiger partial charge in [0.2, 0.25) is 0 Å². The number of aliphatic imine (C=N–C) groups is 1. The van der Waals surface area contributed by atoms with Crippen molar-refractivity contribution in [3.8, 4) is 0 Å². The van der Waals surface area contributed by atoms with Gasteiger partial charge in [0.15, 0.2) is 5.96 Å². The molecule has 0 bridgehead atoms. The van der Waals surface area contributed by atoms with E-state index in [0.717, 1.165) is 58.2 Å². The number of nitrogens with zero attached hydrogens (tertiary/aromatic N) is 3. The van der Waals surface area contributed by atoms with Gasteiger partial charge in [-0.05, 0) is 52.8 Å². The Bertz CT molecular complexity index is 652. The van der Waals surface area contributed by atoms with Crippen LogP contribution < -0.4 is 10.6 Å². The van der Waals surface area contributed by atoms with Crippen molar-refractivity contribution in [2.45, 2.75) is 46.3 Å². The van der Waals surface area contributed by atoms with Gasteiger partial charge in [-0.1, -0.05) is 0 Å². The highest BCUT2D eigenvalue weighted by Crippen LogP contribution is 2.14. The summed E-state index contributed by atoms with van der Waals surface area (Å²) >= 11 is 1.80. The molecule has 1 aromatic heterocycles. The smallest absolute Gasteiger partial charge is 0.410 e. The third-order valence-corrected chi connectivity index (χ3v) is 5.42. The SMILES string of the molecule is CN=C(NCCCN1CCN(C(=O)OC(C)(C)C)CC1)NCc1ccc(C)s1.I. The molecule has 0 radical (unpaired) electrons. The van der Waals surface area contributed by atoms with E-state index >= 15 is 0 Å². The van der Waals surface area contributed by atoms with E-state index in [9.17, 15) is 4.79 Å². The fourth-order valence-electron chi connectivity index (χ4n) is 2.96. The number of nitrogens with one attached hydrogen (secondary N) is 2. The van der Waals surface area contributed by atoms with Crippen LogP contribution in [0, 0.1) is 6.92 Å². The standard InChI is InChI=1S/C20H35N5O2S.HI/c1-16-7-8-17(28-16)15-23-18(21-5)22-9-6-10-24-11-13-25(14-12-24)19(26)27-20(2,3)4;/h7-8H,6,9-15H2,1-5H3,(H2,21,22,23);1H. The monoisotopic (exact) mass is 537 g/mol. The number of hydrogen-bond donors (Lipinski definition) is 2. The lowest BCUT2D eigenvalue weighted by Crippen LogP contribution is -2.50. The van der Waals surface area contributed by atoms with Gasteiger partial charge in [-0.25, -0.2) is 4.79 Å². The Morgan fingerprint density at radius 3 is 2.45 bits per heavy atom. The van der Waals surface area contributed by atoms with Crippen LogP contribution >= 0.6 is 35.3 Å². The maximum absolute atomic E-state index is 12.1. The van der Waals surface area contributed by atoms with E-state index in [1.165, 1.54) is 9.75 Å². The molecule has 1 fully saturated rings. The van der Waals surface area contributed by atoms with Crippen molar-refractivity contribution in [3.05, 3.63) is 21.9 Å². The van der Waals surface area contributed by atoms with Gasteiger partial charge in [0, 0.05) is 49.5 Å². The molecular weight excluding hydrogens is 501 g/mol. The third kappa shape index (κ3) is 9.99. The Balaban J connectivity index is 0.00000420. The Morgan fingerprint density at radius 2 is 1.90 bits per heavy atom. The predicted octanol–water partition coefficient (Wildman–Crippen LogP) is 3.28. The second-order valence-corrected chi connectivity index (χ2v) is 9.40. The summed E-state index contributed by atoms with van der Waals surface area (Å²) in [7, 11) is 1.80. The molecule has 1 aliphatic rings. The first-order chi connectivity index (χ1) is 13.3. The molecule has 29 heavy (non-hydrogen) atoms. The molecule has 0 aliphatic carbocycles. The molecule has 9 heteroatoms. The lowest BCUT2D eigenvalue weighted by atomic mass is 10.2. The lowest BCUT2D eigenvalue weighted by molar-refractivity contribution is 0.0145. The van der Waals surface area contributed by atoms with E-state index in [1.807, 2.05) is 20.8 Å². The molecule has 1 aromatic rings. The summed E-state index contributed by atoms with van der Waals surface area (Å²) in [6.45, 7) is 13.7. The molecule has 1 amide bonds. The van der Waals surface area contributed by atoms with E-state index in [2.05, 4.69) is 39.6 Å². The fraction of sp³-hybridized carbons (Fsp3) is 0.700. The fourth-order valence-corrected chi connectivity index (χ4v) is 3.79. The quantitative estimate of drug-likeness (QED) is 0.252. The highest BCUT2D eigenvalue weighted by molar-refractivity contribution is 14.0. The number of carbonyl (C=O) groups is 1. The number of ether oxygens (including phenoxy) is 1. The predicted molar refractivity (Wildman–Crippen MR) is 132 cm³/mol. The van der Waals surface area contributed by atoms with Gasteiger partial charge in [-0.3, -0.25) is 9.89 Å². The van der Waals surface area contributed by atoms with Crippen molar-refractivity contribution in [3.63, 3.8) is 0 Å². The highest BCUT2D eigenvalue weighted by atomic mass is 127. The van der Waals surface area contributed by atoms with Crippen LogP contribution in [0.25, 0.3) is 0 Å². The number of rotatable bonds is 6. The number of thiophene rings is 1. The number of hydrogen-bond acceptors (Lipinski definition) is 5. The van der Waals surface area contributed by atoms with E-state index in [4.69, 9.17) is 4.74 Å². The normalized spacial score (nSPS) is 15.6. The van der Waals surface area contributed by atoms with Crippen LogP contribution in [0.5, 0.6) is 0 Å². The van der Waals surface area contributed by atoms with Crippen LogP contribution in [-0.4, -0.2) is 73.8 Å². The second kappa shape index (κ2) is 12.6. The number of amides is 1. The minimum absolute atomic E-state index is 0. The van der Waals surface area contributed by atoms with Crippen LogP contribution in [0.4, 0.5) is 4.79 Å². The molecule has 2 N–H and O–H groups in total. The zero-order valence-corrected chi connectivity index (χ0v) is 21.4. The summed E-state index contributed by atoms with van der Waals surface area (Å²) in [5, 5.41) is 6.72. The van der Waals surface area contributed by atoms with E-state index in [0.29, 0.717) is 0 Å². The Hall–Kier alpha value is -1.07. The Morgan fingerprint density at radius 1 is 1.21 bits per heavy atom. The summed E-state index contributed by atoms with van der Waals surface area (Å²) in [4.78, 5) is 23.2. The molecule has 0 unspecified atom stereocenters. The van der Waals surface area contributed by atoms with Crippen molar-refractivity contribution in [1.29, 1.82) is 0 Å². The zero-order chi connectivity index (χ0) is 20.6. The molecule has 2 heterocycles. The molecule has 0 atom stereocenters. The topological polar surface area (TPSA) is 69.2 Å². The summed E-state index contributed by atoms with van der Waals surface area (Å²) in [6, 6.07) is 4.29. The average molecular weight is 538 g/mol. The second-order valence-electron chi connectivity index (χ2n) is 8.03. The number of piperazine rings is 1. The van der Waals surface area contributed by atoms with Crippen LogP contribution in [-0.2, 0) is 11.3 Å². The molecule has 0 saturated carbocycles. The van der Waals surface area contributed by atoms with Crippen LogP contribution in [0.15, 0.2) is 17.1 Å². The molecule has 166 valence electrons. The number of guanidine groups is 1. The van der Waals surface area contributed by atoms with E-state index < -0.39 is 5.60 Å². The first kappa shape index (κ1) is 26.0. The maximum atomic E-state index is 12.1. The maximum Gasteiger partial charge on any atom is 0.410 e. The number of carbonyl (C=O) groups excluding carboxylic acids is 1. The summed E-state index contributed by atoms with van der Waals surface area (Å²) in [5.74, 6) is 0.834. The number of aryl methyl sites for hydroxylation is 1. The van der Waals surface area contributed by atoms with Crippen LogP contribution in [0.1, 0.15) is 36.9 Å². The Labute approximate surface area is 196 Å². The molecular formula is C20H36IN5O2S. The largest absolute Gasteiger partial charge is 0.444 e. The minimum atomic E-state index is -0.436. The molecule has 0 aromatic carbocycles. The van der Waals surface area contributed by atoms with Gasteiger partial charge in [0.25, 0.3) is 0 Å². The first-order valence-electron chi connectivity index (χ1n) is 9.97. The summed E-state index contributed by atoms with van der Waals surface area (Å²) in [5.41, 5.74) is -0.436. The summed E-state index contributed by atoms with van der Waals surface area (Å²) < 4.78 is 5.44. The average Bonchev–Trinajstić information content (AvgIpc) is 3.05. The molecule has 2 rings (SSSR count). The third-order valence-electron chi connectivity index (χ3n) is 4.42.